The number of aryl methyl sites for hydroxylation is 2. The van der Waals surface area contributed by atoms with Crippen molar-refractivity contribution >= 4 is 0 Å². The molecule has 0 amide bonds. The van der Waals surface area contributed by atoms with Gasteiger partial charge in [-0.3, -0.25) is 0 Å². The van der Waals surface area contributed by atoms with E-state index in [9.17, 15) is 5.11 Å². The van der Waals surface area contributed by atoms with Gasteiger partial charge in [-0.25, -0.2) is 0 Å². The summed E-state index contributed by atoms with van der Waals surface area (Å²) in [6, 6.07) is 20.0. The Morgan fingerprint density at radius 3 is 1.36 bits per heavy atom. The zero-order chi connectivity index (χ0) is 28.6. The summed E-state index contributed by atoms with van der Waals surface area (Å²) in [7, 11) is 0. The Labute approximate surface area is 240 Å². The minimum absolute atomic E-state index is 0.0324. The van der Waals surface area contributed by atoms with Crippen molar-refractivity contribution in [3.63, 3.8) is 0 Å². The van der Waals surface area contributed by atoms with Crippen LogP contribution in [-0.2, 0) is 49.4 Å². The SMILES string of the molecule is CCCc1cccc(C(C)(C)Cc2cccc(O)c2CC(C)(C)c2cccc(CCC)c2CCC)c1CCC. The molecule has 0 radical (unpaired) electrons. The molecule has 1 heteroatoms. The molecule has 1 nitrogen and oxygen atoms in total. The van der Waals surface area contributed by atoms with Gasteiger partial charge in [0, 0.05) is 0 Å². The van der Waals surface area contributed by atoms with Gasteiger partial charge in [-0.15, -0.1) is 0 Å². The van der Waals surface area contributed by atoms with Crippen molar-refractivity contribution in [3.05, 3.63) is 99.1 Å². The van der Waals surface area contributed by atoms with E-state index in [-0.39, 0.29) is 10.8 Å². The predicted octanol–water partition coefficient (Wildman–Crippen LogP) is 10.2. The van der Waals surface area contributed by atoms with Crippen LogP contribution in [0.3, 0.4) is 0 Å². The highest BCUT2D eigenvalue weighted by Crippen LogP contribution is 2.39. The third kappa shape index (κ3) is 7.36. The molecule has 0 heterocycles. The van der Waals surface area contributed by atoms with Crippen LogP contribution in [0.15, 0.2) is 54.6 Å². The molecule has 0 saturated carbocycles. The molecule has 212 valence electrons. The van der Waals surface area contributed by atoms with Gasteiger partial charge in [-0.05, 0) is 99.9 Å². The van der Waals surface area contributed by atoms with Gasteiger partial charge in [0.25, 0.3) is 0 Å². The maximum absolute atomic E-state index is 11.2. The van der Waals surface area contributed by atoms with Crippen LogP contribution >= 0.6 is 0 Å². The molecular formula is C38H54O. The Morgan fingerprint density at radius 1 is 0.487 bits per heavy atom. The third-order valence-electron chi connectivity index (χ3n) is 8.54. The van der Waals surface area contributed by atoms with Gasteiger partial charge in [0.15, 0.2) is 0 Å². The molecule has 3 rings (SSSR count). The van der Waals surface area contributed by atoms with Gasteiger partial charge in [0.1, 0.15) is 5.75 Å². The van der Waals surface area contributed by atoms with Gasteiger partial charge >= 0.3 is 0 Å². The summed E-state index contributed by atoms with van der Waals surface area (Å²) in [5, 5.41) is 11.2. The highest BCUT2D eigenvalue weighted by molar-refractivity contribution is 5.47. The van der Waals surface area contributed by atoms with Crippen molar-refractivity contribution in [1.82, 2.24) is 0 Å². The van der Waals surface area contributed by atoms with E-state index in [0.717, 1.165) is 56.9 Å². The van der Waals surface area contributed by atoms with Crippen LogP contribution in [0.25, 0.3) is 0 Å². The van der Waals surface area contributed by atoms with Gasteiger partial charge < -0.3 is 5.11 Å². The molecule has 1 N–H and O–H groups in total. The first kappa shape index (κ1) is 31.0. The second-order valence-corrected chi connectivity index (χ2v) is 12.9. The molecule has 0 bridgehead atoms. The molecule has 3 aromatic carbocycles. The van der Waals surface area contributed by atoms with Crippen molar-refractivity contribution in [2.75, 3.05) is 0 Å². The van der Waals surface area contributed by atoms with Crippen LogP contribution in [0.1, 0.15) is 126 Å². The van der Waals surface area contributed by atoms with Crippen LogP contribution in [0.5, 0.6) is 5.75 Å². The van der Waals surface area contributed by atoms with Crippen LogP contribution in [0, 0.1) is 0 Å². The van der Waals surface area contributed by atoms with E-state index in [1.807, 2.05) is 12.1 Å². The molecule has 0 aliphatic heterocycles. The zero-order valence-electron chi connectivity index (χ0n) is 26.2. The van der Waals surface area contributed by atoms with E-state index in [0.29, 0.717) is 5.75 Å². The van der Waals surface area contributed by atoms with E-state index in [1.165, 1.54) is 46.2 Å². The fourth-order valence-electron chi connectivity index (χ4n) is 6.73. The first-order chi connectivity index (χ1) is 18.6. The largest absolute Gasteiger partial charge is 0.508 e. The molecule has 0 spiro atoms. The smallest absolute Gasteiger partial charge is 0.119 e. The summed E-state index contributed by atoms with van der Waals surface area (Å²) >= 11 is 0. The van der Waals surface area contributed by atoms with Crippen molar-refractivity contribution < 1.29 is 5.11 Å². The van der Waals surface area contributed by atoms with E-state index >= 15 is 0 Å². The summed E-state index contributed by atoms with van der Waals surface area (Å²) in [5.41, 5.74) is 11.3. The maximum Gasteiger partial charge on any atom is 0.119 e. The monoisotopic (exact) mass is 526 g/mol. The summed E-state index contributed by atoms with van der Waals surface area (Å²) in [6.07, 6.45) is 10.9. The number of phenols is 1. The quantitative estimate of drug-likeness (QED) is 0.221. The van der Waals surface area contributed by atoms with E-state index in [2.05, 4.69) is 97.9 Å². The summed E-state index contributed by atoms with van der Waals surface area (Å²) in [6.45, 7) is 18.6. The molecule has 0 atom stereocenters. The maximum atomic E-state index is 11.2. The Bertz CT molecular complexity index is 1210. The molecule has 0 aliphatic rings. The lowest BCUT2D eigenvalue weighted by atomic mass is 9.71. The number of rotatable bonds is 14. The normalized spacial score (nSPS) is 12.2. The topological polar surface area (TPSA) is 20.2 Å². The lowest BCUT2D eigenvalue weighted by Crippen LogP contribution is -2.27. The number of benzene rings is 3. The first-order valence-corrected chi connectivity index (χ1v) is 15.6. The van der Waals surface area contributed by atoms with Crippen LogP contribution < -0.4 is 0 Å². The van der Waals surface area contributed by atoms with Crippen molar-refractivity contribution in [2.24, 2.45) is 0 Å². The Kier molecular flexibility index (Phi) is 10.9. The number of aromatic hydroxyl groups is 1. The van der Waals surface area contributed by atoms with Crippen LogP contribution in [0.2, 0.25) is 0 Å². The standard InChI is InChI=1S/C38H54O/c1-9-16-28-20-13-23-34(31(28)18-11-3)37(5,6)26-30-22-15-25-36(39)33(30)27-38(7,8)35-24-14-21-29(17-10-2)32(35)19-12-4/h13-15,20-25,39H,9-12,16-19,26-27H2,1-8H3. The Morgan fingerprint density at radius 2 is 0.897 bits per heavy atom. The van der Waals surface area contributed by atoms with Crippen molar-refractivity contribution in [3.8, 4) is 5.75 Å². The molecule has 0 aliphatic carbocycles. The average molecular weight is 527 g/mol. The number of phenolic OH excluding ortho intramolecular Hbond substituents is 1. The third-order valence-corrected chi connectivity index (χ3v) is 8.54. The van der Waals surface area contributed by atoms with E-state index in [1.54, 1.807) is 5.56 Å². The highest BCUT2D eigenvalue weighted by atomic mass is 16.3. The second-order valence-electron chi connectivity index (χ2n) is 12.9. The number of hydrogen-bond donors (Lipinski definition) is 1. The van der Waals surface area contributed by atoms with Crippen LogP contribution in [-0.4, -0.2) is 5.11 Å². The second kappa shape index (κ2) is 13.7. The molecule has 0 unspecified atom stereocenters. The highest BCUT2D eigenvalue weighted by Gasteiger charge is 2.30. The van der Waals surface area contributed by atoms with Gasteiger partial charge in [-0.2, -0.15) is 0 Å². The fraction of sp³-hybridized carbons (Fsp3) is 0.526. The molecular weight excluding hydrogens is 472 g/mol. The van der Waals surface area contributed by atoms with Crippen molar-refractivity contribution in [1.29, 1.82) is 0 Å². The van der Waals surface area contributed by atoms with Gasteiger partial charge in [-0.1, -0.05) is 130 Å². The lowest BCUT2D eigenvalue weighted by Gasteiger charge is -2.33. The van der Waals surface area contributed by atoms with Gasteiger partial charge in [0.05, 0.1) is 0 Å². The Hall–Kier alpha value is -2.54. The van der Waals surface area contributed by atoms with Crippen molar-refractivity contribution in [2.45, 2.75) is 130 Å². The zero-order valence-corrected chi connectivity index (χ0v) is 26.2. The minimum atomic E-state index is -0.0829. The fourth-order valence-corrected chi connectivity index (χ4v) is 6.73. The van der Waals surface area contributed by atoms with E-state index < -0.39 is 0 Å². The Balaban J connectivity index is 2.03. The molecule has 0 fully saturated rings. The minimum Gasteiger partial charge on any atom is -0.508 e. The predicted molar refractivity (Wildman–Crippen MR) is 170 cm³/mol. The van der Waals surface area contributed by atoms with E-state index in [4.69, 9.17) is 0 Å². The van der Waals surface area contributed by atoms with Crippen LogP contribution in [0.4, 0.5) is 0 Å². The van der Waals surface area contributed by atoms with Gasteiger partial charge in [0.2, 0.25) is 0 Å². The molecule has 0 saturated heterocycles. The summed E-state index contributed by atoms with van der Waals surface area (Å²) in [5.74, 6) is 0.437. The number of hydrogen-bond acceptors (Lipinski definition) is 1. The molecule has 3 aromatic rings. The molecule has 0 aromatic heterocycles. The first-order valence-electron chi connectivity index (χ1n) is 15.6. The summed E-state index contributed by atoms with van der Waals surface area (Å²) in [4.78, 5) is 0. The molecule has 39 heavy (non-hydrogen) atoms. The average Bonchev–Trinajstić information content (AvgIpc) is 2.88. The lowest BCUT2D eigenvalue weighted by molar-refractivity contribution is 0.442. The summed E-state index contributed by atoms with van der Waals surface area (Å²) < 4.78 is 0.